The van der Waals surface area contributed by atoms with E-state index in [2.05, 4.69) is 31.1 Å². The van der Waals surface area contributed by atoms with E-state index in [9.17, 15) is 9.59 Å². The van der Waals surface area contributed by atoms with Gasteiger partial charge in [0.1, 0.15) is 0 Å². The van der Waals surface area contributed by atoms with E-state index in [1.807, 2.05) is 0 Å². The topological polar surface area (TPSA) is 74.1 Å². The molecular formula is C18H25N3O3S. The van der Waals surface area contributed by atoms with Crippen molar-refractivity contribution >= 4 is 27.5 Å². The van der Waals surface area contributed by atoms with Gasteiger partial charge < -0.3 is 4.74 Å². The summed E-state index contributed by atoms with van der Waals surface area (Å²) in [6, 6.07) is -0.772. The summed E-state index contributed by atoms with van der Waals surface area (Å²) in [4.78, 5) is 26.8. The average Bonchev–Trinajstić information content (AvgIpc) is 2.92. The molecule has 0 spiro atoms. The smallest absolute Gasteiger partial charge is 0.330 e. The van der Waals surface area contributed by atoms with E-state index < -0.39 is 12.0 Å². The van der Waals surface area contributed by atoms with Crippen LogP contribution in [0.1, 0.15) is 57.5 Å². The highest BCUT2D eigenvalue weighted by atomic mass is 32.1. The molecule has 6 nitrogen and oxygen atoms in total. The zero-order valence-electron chi connectivity index (χ0n) is 15.5. The second-order valence-electron chi connectivity index (χ2n) is 7.76. The van der Waals surface area contributed by atoms with E-state index in [0.717, 1.165) is 29.5 Å². The molecule has 0 aromatic carbocycles. The first kappa shape index (κ1) is 18.0. The molecule has 0 unspecified atom stereocenters. The highest BCUT2D eigenvalue weighted by Crippen LogP contribution is 2.41. The van der Waals surface area contributed by atoms with Crippen LogP contribution in [0.3, 0.4) is 0 Å². The van der Waals surface area contributed by atoms with E-state index in [-0.39, 0.29) is 17.6 Å². The lowest BCUT2D eigenvalue weighted by atomic mass is 9.72. The number of aromatic nitrogens is 3. The van der Waals surface area contributed by atoms with Crippen LogP contribution in [0.5, 0.6) is 0 Å². The maximum atomic E-state index is 12.9. The molecule has 2 aromatic heterocycles. The first-order valence-electron chi connectivity index (χ1n) is 8.80. The normalized spacial score (nSPS) is 18.8. The van der Waals surface area contributed by atoms with Crippen molar-refractivity contribution in [3.05, 3.63) is 20.8 Å². The molecule has 3 rings (SSSR count). The molecule has 136 valence electrons. The highest BCUT2D eigenvalue weighted by Gasteiger charge is 2.32. The molecule has 0 saturated carbocycles. The van der Waals surface area contributed by atoms with Crippen molar-refractivity contribution in [2.45, 2.75) is 59.9 Å². The summed E-state index contributed by atoms with van der Waals surface area (Å²) in [5.74, 6) is 0.136. The van der Waals surface area contributed by atoms with E-state index in [1.54, 1.807) is 25.2 Å². The number of rotatable bonds is 3. The third-order valence-corrected chi connectivity index (χ3v) is 6.26. The Hall–Kier alpha value is -1.76. The predicted molar refractivity (Wildman–Crippen MR) is 98.0 cm³/mol. The average molecular weight is 363 g/mol. The van der Waals surface area contributed by atoms with E-state index in [4.69, 9.17) is 4.74 Å². The molecule has 0 radical (unpaired) electrons. The van der Waals surface area contributed by atoms with Crippen molar-refractivity contribution in [1.29, 1.82) is 0 Å². The summed E-state index contributed by atoms with van der Waals surface area (Å²) in [5.41, 5.74) is 1.11. The van der Waals surface area contributed by atoms with Crippen LogP contribution in [0, 0.1) is 11.3 Å². The van der Waals surface area contributed by atoms with Crippen molar-refractivity contribution in [2.24, 2.45) is 11.3 Å². The van der Waals surface area contributed by atoms with Gasteiger partial charge >= 0.3 is 5.97 Å². The summed E-state index contributed by atoms with van der Waals surface area (Å²) in [6.07, 6.45) is 2.93. The van der Waals surface area contributed by atoms with Crippen LogP contribution in [0.2, 0.25) is 0 Å². The van der Waals surface area contributed by atoms with Crippen molar-refractivity contribution < 1.29 is 9.53 Å². The number of carbonyl (C=O) groups excluding carboxylic acids is 1. The minimum Gasteiger partial charge on any atom is -0.464 e. The third-order valence-electron chi connectivity index (χ3n) is 5.12. The Balaban J connectivity index is 2.04. The molecule has 0 saturated heterocycles. The highest BCUT2D eigenvalue weighted by molar-refractivity contribution is 7.18. The fraction of sp³-hybridized carbons (Fsp3) is 0.667. The van der Waals surface area contributed by atoms with Crippen LogP contribution < -0.4 is 5.56 Å². The SMILES string of the molecule is CCOC(=O)[C@@H](C)n1nnc2sc3c(c2c1=O)CC[C@@H](C(C)(C)C)C3. The van der Waals surface area contributed by atoms with E-state index >= 15 is 0 Å². The van der Waals surface area contributed by atoms with E-state index in [0.29, 0.717) is 16.1 Å². The van der Waals surface area contributed by atoms with Gasteiger partial charge in [-0.25, -0.2) is 4.79 Å². The molecule has 0 amide bonds. The third kappa shape index (κ3) is 3.21. The van der Waals surface area contributed by atoms with E-state index in [1.165, 1.54) is 4.88 Å². The molecule has 25 heavy (non-hydrogen) atoms. The monoisotopic (exact) mass is 363 g/mol. The van der Waals surface area contributed by atoms with Crippen LogP contribution in [-0.4, -0.2) is 27.6 Å². The Morgan fingerprint density at radius 2 is 2.16 bits per heavy atom. The number of hydrogen-bond acceptors (Lipinski definition) is 6. The second kappa shape index (κ2) is 6.52. The number of carbonyl (C=O) groups is 1. The van der Waals surface area contributed by atoms with Gasteiger partial charge in [0, 0.05) is 4.88 Å². The zero-order chi connectivity index (χ0) is 18.4. The lowest BCUT2D eigenvalue weighted by Crippen LogP contribution is -2.32. The fourth-order valence-corrected chi connectivity index (χ4v) is 4.70. The van der Waals surface area contributed by atoms with Crippen LogP contribution in [-0.2, 0) is 22.4 Å². The minimum atomic E-state index is -0.772. The number of aryl methyl sites for hydroxylation is 1. The lowest BCUT2D eigenvalue weighted by molar-refractivity contribution is -0.147. The number of hydrogen-bond donors (Lipinski definition) is 0. The summed E-state index contributed by atoms with van der Waals surface area (Å²) >= 11 is 1.57. The number of fused-ring (bicyclic) bond motifs is 3. The molecule has 0 N–H and O–H groups in total. The Morgan fingerprint density at radius 3 is 2.80 bits per heavy atom. The number of esters is 1. The van der Waals surface area contributed by atoms with Crippen LogP contribution in [0.4, 0.5) is 0 Å². The Bertz CT molecular complexity index is 863. The predicted octanol–water partition coefficient (Wildman–Crippen LogP) is 3.13. The van der Waals surface area contributed by atoms with Gasteiger partial charge in [-0.3, -0.25) is 4.79 Å². The van der Waals surface area contributed by atoms with Crippen molar-refractivity contribution in [1.82, 2.24) is 15.0 Å². The van der Waals surface area contributed by atoms with Gasteiger partial charge in [0.25, 0.3) is 5.56 Å². The lowest BCUT2D eigenvalue weighted by Gasteiger charge is -2.33. The summed E-state index contributed by atoms with van der Waals surface area (Å²) in [5, 5.41) is 8.84. The molecule has 0 fully saturated rings. The van der Waals surface area contributed by atoms with Crippen LogP contribution >= 0.6 is 11.3 Å². The molecule has 2 heterocycles. The first-order chi connectivity index (χ1) is 11.7. The molecule has 1 aliphatic carbocycles. The summed E-state index contributed by atoms with van der Waals surface area (Å²) < 4.78 is 6.16. The van der Waals surface area contributed by atoms with Gasteiger partial charge in [0.2, 0.25) is 0 Å². The number of ether oxygens (including phenoxy) is 1. The Morgan fingerprint density at radius 1 is 1.44 bits per heavy atom. The number of nitrogens with zero attached hydrogens (tertiary/aromatic N) is 3. The minimum absolute atomic E-state index is 0.239. The van der Waals surface area contributed by atoms with Gasteiger partial charge in [-0.2, -0.15) is 4.68 Å². The number of thiophene rings is 1. The molecule has 2 atom stereocenters. The quantitative estimate of drug-likeness (QED) is 0.783. The molecular weight excluding hydrogens is 338 g/mol. The zero-order valence-corrected chi connectivity index (χ0v) is 16.3. The standard InChI is InChI=1S/C18H25N3O3S/c1-6-24-17(23)10(2)21-16(22)14-12-8-7-11(18(3,4)5)9-13(12)25-15(14)19-20-21/h10-11H,6-9H2,1-5H3/t10-,11-/m1/s1. The first-order valence-corrected chi connectivity index (χ1v) is 9.62. The van der Waals surface area contributed by atoms with Gasteiger partial charge in [-0.1, -0.05) is 26.0 Å². The van der Waals surface area contributed by atoms with Crippen molar-refractivity contribution in [3.63, 3.8) is 0 Å². The van der Waals surface area contributed by atoms with Gasteiger partial charge in [-0.15, -0.1) is 16.4 Å². The van der Waals surface area contributed by atoms with Crippen molar-refractivity contribution in [3.8, 4) is 0 Å². The van der Waals surface area contributed by atoms with Gasteiger partial charge in [0.15, 0.2) is 10.9 Å². The molecule has 0 bridgehead atoms. The molecule has 7 heteroatoms. The van der Waals surface area contributed by atoms with Crippen molar-refractivity contribution in [2.75, 3.05) is 6.61 Å². The molecule has 2 aromatic rings. The second-order valence-corrected chi connectivity index (χ2v) is 8.84. The summed E-state index contributed by atoms with van der Waals surface area (Å²) in [7, 11) is 0. The summed E-state index contributed by atoms with van der Waals surface area (Å²) in [6.45, 7) is 10.4. The fourth-order valence-electron chi connectivity index (χ4n) is 3.46. The Labute approximate surface area is 151 Å². The van der Waals surface area contributed by atoms with Gasteiger partial charge in [-0.05, 0) is 50.0 Å². The largest absolute Gasteiger partial charge is 0.464 e. The van der Waals surface area contributed by atoms with Crippen LogP contribution in [0.25, 0.3) is 10.2 Å². The Kier molecular flexibility index (Phi) is 4.70. The maximum absolute atomic E-state index is 12.9. The van der Waals surface area contributed by atoms with Gasteiger partial charge in [0.05, 0.1) is 12.0 Å². The molecule has 0 aliphatic heterocycles. The maximum Gasteiger partial charge on any atom is 0.330 e. The van der Waals surface area contributed by atoms with Crippen LogP contribution in [0.15, 0.2) is 4.79 Å². The molecule has 1 aliphatic rings.